The lowest BCUT2D eigenvalue weighted by molar-refractivity contribution is -0.118. The summed E-state index contributed by atoms with van der Waals surface area (Å²) in [6.45, 7) is 6.93. The number of ether oxygens (including phenoxy) is 1. The van der Waals surface area contributed by atoms with Crippen LogP contribution < -0.4 is 5.73 Å². The Hall–Kier alpha value is -1.69. The Morgan fingerprint density at radius 1 is 1.50 bits per heavy atom. The predicted molar refractivity (Wildman–Crippen MR) is 67.0 cm³/mol. The molecule has 2 heterocycles. The summed E-state index contributed by atoms with van der Waals surface area (Å²) < 4.78 is 5.76. The van der Waals surface area contributed by atoms with Gasteiger partial charge in [-0.05, 0) is 20.8 Å². The zero-order valence-corrected chi connectivity index (χ0v) is 10.9. The fourth-order valence-corrected chi connectivity index (χ4v) is 2.27. The van der Waals surface area contributed by atoms with Gasteiger partial charge in [0.25, 0.3) is 5.91 Å². The van der Waals surface area contributed by atoms with Crippen molar-refractivity contribution in [3.8, 4) is 0 Å². The molecule has 1 saturated heterocycles. The number of hydrogen-bond donors (Lipinski definition) is 1. The van der Waals surface area contributed by atoms with Crippen molar-refractivity contribution in [3.05, 3.63) is 18.1 Å². The monoisotopic (exact) mass is 250 g/mol. The van der Waals surface area contributed by atoms with Crippen LogP contribution in [0.3, 0.4) is 0 Å². The molecule has 18 heavy (non-hydrogen) atoms. The minimum Gasteiger partial charge on any atom is -0.382 e. The zero-order chi connectivity index (χ0) is 13.3. The number of nitrogen functional groups attached to an aromatic ring is 1. The number of carbonyl (C=O) groups is 1. The highest BCUT2D eigenvalue weighted by atomic mass is 16.5. The molecule has 1 aromatic heterocycles. The van der Waals surface area contributed by atoms with Gasteiger partial charge in [-0.3, -0.25) is 4.79 Å². The predicted octanol–water partition coefficient (Wildman–Crippen LogP) is 0.698. The van der Waals surface area contributed by atoms with E-state index >= 15 is 0 Å². The summed E-state index contributed by atoms with van der Waals surface area (Å²) in [7, 11) is 0. The molecule has 1 atom stereocenters. The van der Waals surface area contributed by atoms with Crippen LogP contribution in [0.25, 0.3) is 0 Å². The number of rotatable bonds is 1. The van der Waals surface area contributed by atoms with E-state index in [2.05, 4.69) is 9.97 Å². The molecular formula is C12H18N4O2. The topological polar surface area (TPSA) is 81.3 Å². The standard InChI is InChI=1S/C12H18N4O2/c1-8-6-16(7-12(2,3)18-8)11(17)9-10(13)15-5-4-14-9/h4-5,8H,6-7H2,1-3H3,(H2,13,15). The van der Waals surface area contributed by atoms with Gasteiger partial charge in [0.15, 0.2) is 11.5 Å². The molecular weight excluding hydrogens is 232 g/mol. The minimum absolute atomic E-state index is 0.00408. The third-order valence-corrected chi connectivity index (χ3v) is 2.79. The van der Waals surface area contributed by atoms with E-state index in [-0.39, 0.29) is 29.1 Å². The summed E-state index contributed by atoms with van der Waals surface area (Å²) in [4.78, 5) is 22.0. The smallest absolute Gasteiger partial charge is 0.276 e. The first-order valence-corrected chi connectivity index (χ1v) is 5.92. The van der Waals surface area contributed by atoms with Crippen LogP contribution in [0.4, 0.5) is 5.82 Å². The van der Waals surface area contributed by atoms with Gasteiger partial charge in [0.2, 0.25) is 0 Å². The zero-order valence-electron chi connectivity index (χ0n) is 10.9. The molecule has 1 unspecified atom stereocenters. The highest BCUT2D eigenvalue weighted by Gasteiger charge is 2.35. The first kappa shape index (κ1) is 12.8. The largest absolute Gasteiger partial charge is 0.382 e. The molecule has 6 nitrogen and oxygen atoms in total. The summed E-state index contributed by atoms with van der Waals surface area (Å²) in [5.74, 6) is -0.0247. The third kappa shape index (κ3) is 2.59. The first-order valence-electron chi connectivity index (χ1n) is 5.92. The average molecular weight is 250 g/mol. The third-order valence-electron chi connectivity index (χ3n) is 2.79. The molecule has 0 spiro atoms. The molecule has 2 rings (SSSR count). The normalized spacial score (nSPS) is 22.8. The van der Waals surface area contributed by atoms with E-state index in [0.29, 0.717) is 13.1 Å². The molecule has 0 aliphatic carbocycles. The summed E-state index contributed by atoms with van der Waals surface area (Å²) in [5, 5.41) is 0. The quantitative estimate of drug-likeness (QED) is 0.793. The van der Waals surface area contributed by atoms with Crippen molar-refractivity contribution in [2.45, 2.75) is 32.5 Å². The summed E-state index contributed by atoms with van der Waals surface area (Å²) in [6, 6.07) is 0. The Balaban J connectivity index is 2.22. The highest BCUT2D eigenvalue weighted by molar-refractivity contribution is 5.96. The van der Waals surface area contributed by atoms with E-state index in [1.807, 2.05) is 20.8 Å². The average Bonchev–Trinajstić information content (AvgIpc) is 2.26. The van der Waals surface area contributed by atoms with Crippen LogP contribution in [0.5, 0.6) is 0 Å². The van der Waals surface area contributed by atoms with Crippen LogP contribution in [-0.4, -0.2) is 45.6 Å². The van der Waals surface area contributed by atoms with Crippen molar-refractivity contribution in [1.29, 1.82) is 0 Å². The van der Waals surface area contributed by atoms with Crippen molar-refractivity contribution in [2.75, 3.05) is 18.8 Å². The second-order valence-corrected chi connectivity index (χ2v) is 5.16. The van der Waals surface area contributed by atoms with E-state index < -0.39 is 0 Å². The molecule has 1 aromatic rings. The van der Waals surface area contributed by atoms with Gasteiger partial charge in [0.1, 0.15) is 0 Å². The molecule has 0 bridgehead atoms. The Kier molecular flexibility index (Phi) is 3.21. The van der Waals surface area contributed by atoms with Crippen LogP contribution in [0, 0.1) is 0 Å². The van der Waals surface area contributed by atoms with Crippen LogP contribution in [0.1, 0.15) is 31.3 Å². The summed E-state index contributed by atoms with van der Waals surface area (Å²) in [5.41, 5.74) is 5.53. The fourth-order valence-electron chi connectivity index (χ4n) is 2.27. The lowest BCUT2D eigenvalue weighted by Gasteiger charge is -2.41. The van der Waals surface area contributed by atoms with Gasteiger partial charge in [-0.2, -0.15) is 0 Å². The Morgan fingerprint density at radius 2 is 2.17 bits per heavy atom. The van der Waals surface area contributed by atoms with Gasteiger partial charge in [0, 0.05) is 25.5 Å². The molecule has 98 valence electrons. The molecule has 0 saturated carbocycles. The maximum atomic E-state index is 12.3. The fraction of sp³-hybridized carbons (Fsp3) is 0.583. The lowest BCUT2D eigenvalue weighted by atomic mass is 10.1. The van der Waals surface area contributed by atoms with Crippen LogP contribution in [0.2, 0.25) is 0 Å². The number of nitrogens with zero attached hydrogens (tertiary/aromatic N) is 3. The number of amides is 1. The highest BCUT2D eigenvalue weighted by Crippen LogP contribution is 2.22. The summed E-state index contributed by atoms with van der Waals surface area (Å²) >= 11 is 0. The molecule has 6 heteroatoms. The van der Waals surface area contributed by atoms with Gasteiger partial charge in [0.05, 0.1) is 11.7 Å². The molecule has 1 fully saturated rings. The number of aromatic nitrogens is 2. The minimum atomic E-state index is -0.357. The number of anilines is 1. The molecule has 1 aliphatic heterocycles. The van der Waals surface area contributed by atoms with E-state index in [1.54, 1.807) is 4.90 Å². The Bertz CT molecular complexity index is 461. The van der Waals surface area contributed by atoms with Crippen molar-refractivity contribution >= 4 is 11.7 Å². The van der Waals surface area contributed by atoms with Crippen molar-refractivity contribution in [2.24, 2.45) is 0 Å². The van der Waals surface area contributed by atoms with Gasteiger partial charge >= 0.3 is 0 Å². The van der Waals surface area contributed by atoms with Crippen molar-refractivity contribution in [3.63, 3.8) is 0 Å². The Labute approximate surface area is 106 Å². The van der Waals surface area contributed by atoms with Crippen LogP contribution in [-0.2, 0) is 4.74 Å². The van der Waals surface area contributed by atoms with Crippen LogP contribution in [0.15, 0.2) is 12.4 Å². The molecule has 0 radical (unpaired) electrons. The molecule has 2 N–H and O–H groups in total. The second-order valence-electron chi connectivity index (χ2n) is 5.16. The number of morpholine rings is 1. The first-order chi connectivity index (χ1) is 8.39. The SMILES string of the molecule is CC1CN(C(=O)c2nccnc2N)CC(C)(C)O1. The van der Waals surface area contributed by atoms with E-state index in [0.717, 1.165) is 0 Å². The van der Waals surface area contributed by atoms with Gasteiger partial charge < -0.3 is 15.4 Å². The molecule has 0 aromatic carbocycles. The van der Waals surface area contributed by atoms with Gasteiger partial charge in [-0.25, -0.2) is 9.97 Å². The van der Waals surface area contributed by atoms with Crippen molar-refractivity contribution in [1.82, 2.24) is 14.9 Å². The molecule has 1 amide bonds. The van der Waals surface area contributed by atoms with E-state index in [1.165, 1.54) is 12.4 Å². The second kappa shape index (κ2) is 4.53. The van der Waals surface area contributed by atoms with E-state index in [4.69, 9.17) is 10.5 Å². The number of nitrogens with two attached hydrogens (primary N) is 1. The number of hydrogen-bond acceptors (Lipinski definition) is 5. The maximum absolute atomic E-state index is 12.3. The summed E-state index contributed by atoms with van der Waals surface area (Å²) in [6.07, 6.45) is 2.94. The number of carbonyl (C=O) groups excluding carboxylic acids is 1. The van der Waals surface area contributed by atoms with Crippen molar-refractivity contribution < 1.29 is 9.53 Å². The van der Waals surface area contributed by atoms with Crippen LogP contribution >= 0.6 is 0 Å². The van der Waals surface area contributed by atoms with E-state index in [9.17, 15) is 4.79 Å². The Morgan fingerprint density at radius 3 is 2.78 bits per heavy atom. The lowest BCUT2D eigenvalue weighted by Crippen LogP contribution is -2.54. The molecule has 1 aliphatic rings. The maximum Gasteiger partial charge on any atom is 0.276 e. The van der Waals surface area contributed by atoms with Gasteiger partial charge in [-0.15, -0.1) is 0 Å². The van der Waals surface area contributed by atoms with Gasteiger partial charge in [-0.1, -0.05) is 0 Å².